The molecule has 0 saturated heterocycles. The number of hydrogen-bond acceptors (Lipinski definition) is 6. The minimum atomic E-state index is 0.495. The zero-order valence-corrected chi connectivity index (χ0v) is 17.8. The van der Waals surface area contributed by atoms with Crippen LogP contribution in [0.1, 0.15) is 44.1 Å². The van der Waals surface area contributed by atoms with Gasteiger partial charge in [0.2, 0.25) is 5.95 Å². The van der Waals surface area contributed by atoms with Crippen molar-refractivity contribution in [3.05, 3.63) is 54.9 Å². The van der Waals surface area contributed by atoms with Crippen LogP contribution in [0.4, 0.5) is 11.8 Å². The molecular weight excluding hydrogens is 362 g/mol. The molecule has 0 bridgehead atoms. The first-order valence-corrected chi connectivity index (χ1v) is 10.4. The van der Waals surface area contributed by atoms with E-state index < -0.39 is 0 Å². The van der Waals surface area contributed by atoms with Gasteiger partial charge in [0.15, 0.2) is 0 Å². The summed E-state index contributed by atoms with van der Waals surface area (Å²) in [6, 6.07) is 0.495. The van der Waals surface area contributed by atoms with E-state index in [4.69, 9.17) is 10.1 Å². The summed E-state index contributed by atoms with van der Waals surface area (Å²) in [4.78, 5) is 11.7. The maximum absolute atomic E-state index is 7.00. The number of aromatic nitrogens is 2. The highest BCUT2D eigenvalue weighted by Crippen LogP contribution is 2.30. The van der Waals surface area contributed by atoms with Crippen LogP contribution in [0.15, 0.2) is 49.4 Å². The lowest BCUT2D eigenvalue weighted by atomic mass is 9.95. The molecule has 3 N–H and O–H groups in total. The molecule has 0 amide bonds. The Morgan fingerprint density at radius 3 is 2.62 bits per heavy atom. The summed E-state index contributed by atoms with van der Waals surface area (Å²) in [5.74, 6) is 1.52. The normalized spacial score (nSPS) is 18.2. The van der Waals surface area contributed by atoms with Gasteiger partial charge >= 0.3 is 0 Å². The molecule has 1 aliphatic heterocycles. The molecule has 6 nitrogen and oxygen atoms in total. The highest BCUT2D eigenvalue weighted by molar-refractivity contribution is 5.75. The van der Waals surface area contributed by atoms with Crippen molar-refractivity contribution in [3.8, 4) is 0 Å². The number of rotatable bonds is 7. The molecule has 29 heavy (non-hydrogen) atoms. The Hall–Kier alpha value is -2.44. The fourth-order valence-corrected chi connectivity index (χ4v) is 3.66. The number of allylic oxidation sites excluding steroid dienone is 3. The zero-order valence-electron chi connectivity index (χ0n) is 17.8. The maximum Gasteiger partial charge on any atom is 0.229 e. The maximum atomic E-state index is 7.00. The lowest BCUT2D eigenvalue weighted by Gasteiger charge is -2.27. The van der Waals surface area contributed by atoms with E-state index in [9.17, 15) is 0 Å². The molecule has 0 unspecified atom stereocenters. The highest BCUT2D eigenvalue weighted by atomic mass is 16.2. The third kappa shape index (κ3) is 6.84. The second-order valence-electron chi connectivity index (χ2n) is 7.36. The summed E-state index contributed by atoms with van der Waals surface area (Å²) in [5.41, 5.74) is 3.30. The Kier molecular flexibility index (Phi) is 9.60. The van der Waals surface area contributed by atoms with E-state index in [0.29, 0.717) is 12.0 Å². The van der Waals surface area contributed by atoms with Gasteiger partial charge in [-0.2, -0.15) is 4.98 Å². The van der Waals surface area contributed by atoms with Crippen LogP contribution < -0.4 is 10.6 Å². The van der Waals surface area contributed by atoms with Crippen LogP contribution >= 0.6 is 0 Å². The molecule has 0 radical (unpaired) electrons. The Balaban J connectivity index is 0.00000145. The quantitative estimate of drug-likeness (QED) is 0.599. The zero-order chi connectivity index (χ0) is 21.1. The van der Waals surface area contributed by atoms with E-state index in [2.05, 4.69) is 46.8 Å². The van der Waals surface area contributed by atoms with E-state index in [-0.39, 0.29) is 0 Å². The van der Waals surface area contributed by atoms with Gasteiger partial charge in [-0.15, -0.1) is 0 Å². The lowest BCUT2D eigenvalue weighted by molar-refractivity contribution is 0.370. The van der Waals surface area contributed by atoms with Crippen LogP contribution in [0.25, 0.3) is 5.57 Å². The molecule has 1 aliphatic carbocycles. The Morgan fingerprint density at radius 1 is 1.24 bits per heavy atom. The molecule has 0 spiro atoms. The van der Waals surface area contributed by atoms with Gasteiger partial charge in [-0.1, -0.05) is 44.6 Å². The number of nitrogens with one attached hydrogen (secondary N) is 2. The van der Waals surface area contributed by atoms with Gasteiger partial charge in [-0.05, 0) is 44.0 Å². The van der Waals surface area contributed by atoms with Gasteiger partial charge in [-0.25, -0.2) is 4.98 Å². The predicted octanol–water partition coefficient (Wildman–Crippen LogP) is 4.22. The van der Waals surface area contributed by atoms with E-state index in [1.807, 2.05) is 12.3 Å². The van der Waals surface area contributed by atoms with Gasteiger partial charge in [0.1, 0.15) is 5.82 Å². The number of aliphatic hydroxyl groups excluding tert-OH is 1. The molecule has 158 valence electrons. The standard InChI is InChI=1S/C22H31N5.CH4O/c1-4-9-18(5-2)25-22-23-16-20(17-12-14-27(3)15-13-17)21(26-22)24-19-10-7-6-8-11-19;1-2/h4-5,9,12,16,19H,1-2,6-8,10-11,13-15H2,3H3,(H2,23,24,25,26);2H,1H3/b18-9+;. The van der Waals surface area contributed by atoms with Crippen LogP contribution in [0.5, 0.6) is 0 Å². The first-order chi connectivity index (χ1) is 14.2. The fraction of sp³-hybridized carbons (Fsp3) is 0.478. The van der Waals surface area contributed by atoms with Crippen molar-refractivity contribution in [3.63, 3.8) is 0 Å². The van der Waals surface area contributed by atoms with Crippen LogP contribution in [-0.2, 0) is 0 Å². The first-order valence-electron chi connectivity index (χ1n) is 10.4. The fourth-order valence-electron chi connectivity index (χ4n) is 3.66. The first kappa shape index (κ1) is 22.8. The average Bonchev–Trinajstić information content (AvgIpc) is 2.76. The number of aliphatic hydroxyl groups is 1. The second-order valence-corrected chi connectivity index (χ2v) is 7.36. The van der Waals surface area contributed by atoms with E-state index in [0.717, 1.165) is 43.7 Å². The van der Waals surface area contributed by atoms with E-state index >= 15 is 0 Å². The van der Waals surface area contributed by atoms with E-state index in [1.165, 1.54) is 37.7 Å². The average molecular weight is 398 g/mol. The summed E-state index contributed by atoms with van der Waals surface area (Å²) >= 11 is 0. The van der Waals surface area contributed by atoms with E-state index in [1.54, 1.807) is 12.2 Å². The van der Waals surface area contributed by atoms with Crippen molar-refractivity contribution >= 4 is 17.3 Å². The topological polar surface area (TPSA) is 73.3 Å². The molecular formula is C23H35N5O. The third-order valence-corrected chi connectivity index (χ3v) is 5.27. The summed E-state index contributed by atoms with van der Waals surface area (Å²) in [7, 11) is 3.15. The summed E-state index contributed by atoms with van der Waals surface area (Å²) in [6.45, 7) is 9.60. The monoisotopic (exact) mass is 397 g/mol. The Labute approximate surface area is 175 Å². The Morgan fingerprint density at radius 2 is 2.00 bits per heavy atom. The van der Waals surface area contributed by atoms with Gasteiger partial charge in [0.05, 0.1) is 0 Å². The number of hydrogen-bond donors (Lipinski definition) is 3. The van der Waals surface area contributed by atoms with Gasteiger partial charge < -0.3 is 20.6 Å². The third-order valence-electron chi connectivity index (χ3n) is 5.27. The molecule has 1 saturated carbocycles. The lowest BCUT2D eigenvalue weighted by Crippen LogP contribution is -2.26. The van der Waals surface area contributed by atoms with Crippen molar-refractivity contribution in [1.29, 1.82) is 0 Å². The van der Waals surface area contributed by atoms with Gasteiger partial charge in [0.25, 0.3) is 0 Å². The minimum Gasteiger partial charge on any atom is -0.400 e. The summed E-state index contributed by atoms with van der Waals surface area (Å²) in [6.07, 6.45) is 17.0. The SMILES string of the molecule is C=C/C=C(\C=C)Nc1ncc(C2=CCN(C)CC2)c(NC2CCCCC2)n1.CO. The van der Waals surface area contributed by atoms with Gasteiger partial charge in [0, 0.05) is 43.7 Å². The molecule has 1 aromatic heterocycles. The van der Waals surface area contributed by atoms with Crippen molar-refractivity contribution in [2.45, 2.75) is 44.6 Å². The number of nitrogens with zero attached hydrogens (tertiary/aromatic N) is 3. The van der Waals surface area contributed by atoms with Crippen molar-refractivity contribution < 1.29 is 5.11 Å². The molecule has 0 aromatic carbocycles. The highest BCUT2D eigenvalue weighted by Gasteiger charge is 2.19. The molecule has 0 atom stereocenters. The van der Waals surface area contributed by atoms with Crippen molar-refractivity contribution in [2.75, 3.05) is 37.9 Å². The number of anilines is 2. The number of likely N-dealkylation sites (N-methyl/N-ethyl adjacent to an activating group) is 1. The molecule has 3 rings (SSSR count). The molecule has 6 heteroatoms. The predicted molar refractivity (Wildman–Crippen MR) is 123 cm³/mol. The van der Waals surface area contributed by atoms with Gasteiger partial charge in [-0.3, -0.25) is 0 Å². The largest absolute Gasteiger partial charge is 0.400 e. The second kappa shape index (κ2) is 12.2. The van der Waals surface area contributed by atoms with Crippen LogP contribution in [0, 0.1) is 0 Å². The van der Waals surface area contributed by atoms with Crippen molar-refractivity contribution in [1.82, 2.24) is 14.9 Å². The summed E-state index contributed by atoms with van der Waals surface area (Å²) in [5, 5.41) is 13.9. The Bertz CT molecular complexity index is 735. The van der Waals surface area contributed by atoms with Crippen molar-refractivity contribution in [2.24, 2.45) is 0 Å². The molecule has 2 heterocycles. The van der Waals surface area contributed by atoms with Crippen LogP contribution in [0.3, 0.4) is 0 Å². The minimum absolute atomic E-state index is 0.495. The smallest absolute Gasteiger partial charge is 0.229 e. The molecule has 1 fully saturated rings. The summed E-state index contributed by atoms with van der Waals surface area (Å²) < 4.78 is 0. The van der Waals surface area contributed by atoms with Crippen LogP contribution in [-0.4, -0.2) is 53.3 Å². The van der Waals surface area contributed by atoms with Crippen LogP contribution in [0.2, 0.25) is 0 Å². The molecule has 1 aromatic rings. The molecule has 2 aliphatic rings.